The minimum Gasteiger partial charge on any atom is -0.481 e. The summed E-state index contributed by atoms with van der Waals surface area (Å²) in [7, 11) is 0. The molecule has 0 aliphatic carbocycles. The SMILES string of the molecule is CCOCCCN(CC(C)C(=O)O)C(=O)c1cc(N2CCNC2=O)ccc1F. The molecule has 0 aromatic heterocycles. The van der Waals surface area contributed by atoms with Gasteiger partial charge in [-0.25, -0.2) is 9.18 Å². The Morgan fingerprint density at radius 1 is 1.43 bits per heavy atom. The third kappa shape index (κ3) is 5.41. The second kappa shape index (κ2) is 10.0. The number of anilines is 1. The number of urea groups is 1. The highest BCUT2D eigenvalue weighted by Crippen LogP contribution is 2.22. The summed E-state index contributed by atoms with van der Waals surface area (Å²) in [4.78, 5) is 38.8. The van der Waals surface area contributed by atoms with Gasteiger partial charge in [0.15, 0.2) is 0 Å². The Hall–Kier alpha value is -2.68. The van der Waals surface area contributed by atoms with Crippen LogP contribution in [0.3, 0.4) is 0 Å². The topological polar surface area (TPSA) is 99.2 Å². The smallest absolute Gasteiger partial charge is 0.321 e. The van der Waals surface area contributed by atoms with Crippen molar-refractivity contribution in [3.8, 4) is 0 Å². The van der Waals surface area contributed by atoms with Gasteiger partial charge in [0.05, 0.1) is 11.5 Å². The first-order valence-corrected chi connectivity index (χ1v) is 9.29. The summed E-state index contributed by atoms with van der Waals surface area (Å²) in [5.74, 6) is -3.16. The predicted octanol–water partition coefficient (Wildman–Crippen LogP) is 1.94. The molecule has 1 aromatic carbocycles. The Morgan fingerprint density at radius 3 is 2.79 bits per heavy atom. The van der Waals surface area contributed by atoms with E-state index in [-0.39, 0.29) is 24.7 Å². The fourth-order valence-corrected chi connectivity index (χ4v) is 2.92. The maximum Gasteiger partial charge on any atom is 0.321 e. The number of carbonyl (C=O) groups is 3. The van der Waals surface area contributed by atoms with Gasteiger partial charge in [-0.15, -0.1) is 0 Å². The molecule has 154 valence electrons. The number of halogens is 1. The van der Waals surface area contributed by atoms with Crippen LogP contribution in [0.15, 0.2) is 18.2 Å². The van der Waals surface area contributed by atoms with Crippen molar-refractivity contribution >= 4 is 23.6 Å². The van der Waals surface area contributed by atoms with Crippen molar-refractivity contribution in [1.29, 1.82) is 0 Å². The fourth-order valence-electron chi connectivity index (χ4n) is 2.92. The van der Waals surface area contributed by atoms with E-state index in [0.717, 1.165) is 6.07 Å². The van der Waals surface area contributed by atoms with Crippen LogP contribution >= 0.6 is 0 Å². The average Bonchev–Trinajstić information content (AvgIpc) is 3.09. The monoisotopic (exact) mass is 395 g/mol. The van der Waals surface area contributed by atoms with E-state index in [9.17, 15) is 23.9 Å². The van der Waals surface area contributed by atoms with Gasteiger partial charge in [-0.3, -0.25) is 14.5 Å². The van der Waals surface area contributed by atoms with Crippen molar-refractivity contribution in [3.63, 3.8) is 0 Å². The van der Waals surface area contributed by atoms with Crippen molar-refractivity contribution in [3.05, 3.63) is 29.6 Å². The quantitative estimate of drug-likeness (QED) is 0.590. The average molecular weight is 395 g/mol. The number of amides is 3. The van der Waals surface area contributed by atoms with E-state index in [4.69, 9.17) is 4.74 Å². The lowest BCUT2D eigenvalue weighted by Crippen LogP contribution is -2.38. The number of aliphatic carboxylic acids is 1. The molecular formula is C19H26FN3O5. The Bertz CT molecular complexity index is 728. The van der Waals surface area contributed by atoms with E-state index in [1.54, 1.807) is 0 Å². The van der Waals surface area contributed by atoms with Gasteiger partial charge in [0.2, 0.25) is 0 Å². The molecule has 1 saturated heterocycles. The van der Waals surface area contributed by atoms with Crippen molar-refractivity contribution in [2.24, 2.45) is 5.92 Å². The highest BCUT2D eigenvalue weighted by atomic mass is 19.1. The summed E-state index contributed by atoms with van der Waals surface area (Å²) in [6.45, 7) is 5.38. The number of rotatable bonds is 10. The van der Waals surface area contributed by atoms with Crippen LogP contribution < -0.4 is 10.2 Å². The molecule has 1 heterocycles. The molecule has 0 spiro atoms. The first-order valence-electron chi connectivity index (χ1n) is 9.29. The standard InChI is InChI=1S/C19H26FN3O5/c1-3-28-10-4-8-22(12-13(2)18(25)26)17(24)15-11-14(5-6-16(15)20)23-9-7-21-19(23)27/h5-6,11,13H,3-4,7-10,12H2,1-2H3,(H,21,27)(H,25,26). The van der Waals surface area contributed by atoms with Crippen molar-refractivity contribution in [2.75, 3.05) is 44.3 Å². The van der Waals surface area contributed by atoms with Crippen molar-refractivity contribution in [1.82, 2.24) is 10.2 Å². The zero-order valence-electron chi connectivity index (χ0n) is 16.1. The Balaban J connectivity index is 2.23. The first-order chi connectivity index (χ1) is 13.3. The Morgan fingerprint density at radius 2 is 2.18 bits per heavy atom. The van der Waals surface area contributed by atoms with Crippen LogP contribution in [0.25, 0.3) is 0 Å². The lowest BCUT2D eigenvalue weighted by Gasteiger charge is -2.25. The van der Waals surface area contributed by atoms with Gasteiger partial charge in [-0.1, -0.05) is 6.92 Å². The molecule has 1 aromatic rings. The van der Waals surface area contributed by atoms with Crippen LogP contribution in [0.5, 0.6) is 0 Å². The third-order valence-corrected chi connectivity index (χ3v) is 4.47. The number of nitrogens with zero attached hydrogens (tertiary/aromatic N) is 2. The van der Waals surface area contributed by atoms with E-state index >= 15 is 0 Å². The number of carbonyl (C=O) groups excluding carboxylic acids is 2. The zero-order valence-corrected chi connectivity index (χ0v) is 16.1. The number of hydrogen-bond donors (Lipinski definition) is 2. The highest BCUT2D eigenvalue weighted by molar-refractivity contribution is 5.98. The van der Waals surface area contributed by atoms with E-state index in [1.165, 1.54) is 28.9 Å². The van der Waals surface area contributed by atoms with E-state index in [1.807, 2.05) is 6.92 Å². The van der Waals surface area contributed by atoms with Gasteiger partial charge in [0.1, 0.15) is 5.82 Å². The van der Waals surface area contributed by atoms with Crippen molar-refractivity contribution < 1.29 is 28.6 Å². The number of nitrogens with one attached hydrogen (secondary N) is 1. The van der Waals surface area contributed by atoms with Crippen molar-refractivity contribution in [2.45, 2.75) is 20.3 Å². The van der Waals surface area contributed by atoms with Crippen LogP contribution in [0.2, 0.25) is 0 Å². The summed E-state index contributed by atoms with van der Waals surface area (Å²) in [5, 5.41) is 11.8. The molecule has 2 rings (SSSR count). The maximum atomic E-state index is 14.4. The van der Waals surface area contributed by atoms with E-state index < -0.39 is 23.6 Å². The second-order valence-electron chi connectivity index (χ2n) is 6.59. The number of benzene rings is 1. The minimum atomic E-state index is -1.04. The molecular weight excluding hydrogens is 369 g/mol. The van der Waals surface area contributed by atoms with Gasteiger partial charge in [0, 0.05) is 45.1 Å². The summed E-state index contributed by atoms with van der Waals surface area (Å²) < 4.78 is 19.7. The van der Waals surface area contributed by atoms with Gasteiger partial charge in [0.25, 0.3) is 5.91 Å². The molecule has 1 unspecified atom stereocenters. The number of carboxylic acid groups (broad SMARTS) is 1. The van der Waals surface area contributed by atoms with Crippen LogP contribution in [-0.2, 0) is 9.53 Å². The largest absolute Gasteiger partial charge is 0.481 e. The minimum absolute atomic E-state index is 0.0475. The van der Waals surface area contributed by atoms with Gasteiger partial charge < -0.3 is 20.1 Å². The maximum absolute atomic E-state index is 14.4. The first kappa shape index (κ1) is 21.6. The fraction of sp³-hybridized carbons (Fsp3) is 0.526. The normalized spacial score (nSPS) is 14.7. The molecule has 2 N–H and O–H groups in total. The third-order valence-electron chi connectivity index (χ3n) is 4.47. The Labute approximate surface area is 163 Å². The summed E-state index contributed by atoms with van der Waals surface area (Å²) in [6, 6.07) is 3.62. The molecule has 3 amide bonds. The molecule has 1 aliphatic heterocycles. The van der Waals surface area contributed by atoms with Crippen LogP contribution in [0, 0.1) is 11.7 Å². The van der Waals surface area contributed by atoms with E-state index in [0.29, 0.717) is 38.4 Å². The van der Waals surface area contributed by atoms with Crippen LogP contribution in [0.4, 0.5) is 14.9 Å². The number of carboxylic acids is 1. The van der Waals surface area contributed by atoms with Gasteiger partial charge >= 0.3 is 12.0 Å². The summed E-state index contributed by atoms with van der Waals surface area (Å²) in [6.07, 6.45) is 0.502. The molecule has 0 saturated carbocycles. The molecule has 0 bridgehead atoms. The summed E-state index contributed by atoms with van der Waals surface area (Å²) >= 11 is 0. The zero-order chi connectivity index (χ0) is 20.7. The lowest BCUT2D eigenvalue weighted by atomic mass is 10.1. The predicted molar refractivity (Wildman–Crippen MR) is 101 cm³/mol. The van der Waals surface area contributed by atoms with E-state index in [2.05, 4.69) is 5.32 Å². The molecule has 9 heteroatoms. The van der Waals surface area contributed by atoms with Crippen LogP contribution in [0.1, 0.15) is 30.6 Å². The molecule has 1 aliphatic rings. The Kier molecular flexibility index (Phi) is 7.74. The molecule has 0 radical (unpaired) electrons. The second-order valence-corrected chi connectivity index (χ2v) is 6.59. The number of ether oxygens (including phenoxy) is 1. The van der Waals surface area contributed by atoms with Gasteiger partial charge in [-0.05, 0) is 31.5 Å². The number of hydrogen-bond acceptors (Lipinski definition) is 4. The lowest BCUT2D eigenvalue weighted by molar-refractivity contribution is -0.141. The summed E-state index contributed by atoms with van der Waals surface area (Å²) in [5.41, 5.74) is 0.228. The molecule has 1 atom stereocenters. The van der Waals surface area contributed by atoms with Gasteiger partial charge in [-0.2, -0.15) is 0 Å². The molecule has 8 nitrogen and oxygen atoms in total. The molecule has 1 fully saturated rings. The highest BCUT2D eigenvalue weighted by Gasteiger charge is 2.26. The molecule has 28 heavy (non-hydrogen) atoms. The van der Waals surface area contributed by atoms with Crippen LogP contribution in [-0.4, -0.2) is 67.3 Å².